The van der Waals surface area contributed by atoms with Gasteiger partial charge in [-0.15, -0.1) is 0 Å². The molecule has 16 heavy (non-hydrogen) atoms. The van der Waals surface area contributed by atoms with Gasteiger partial charge >= 0.3 is 0 Å². The van der Waals surface area contributed by atoms with Gasteiger partial charge in [0.15, 0.2) is 0 Å². The van der Waals surface area contributed by atoms with Crippen LogP contribution in [0.1, 0.15) is 11.4 Å². The molecule has 1 fully saturated rings. The maximum absolute atomic E-state index is 4.45. The van der Waals surface area contributed by atoms with Crippen molar-refractivity contribution in [2.45, 2.75) is 19.4 Å². The van der Waals surface area contributed by atoms with E-state index in [1.807, 2.05) is 30.4 Å². The van der Waals surface area contributed by atoms with E-state index < -0.39 is 0 Å². The Morgan fingerprint density at radius 3 is 2.88 bits per heavy atom. The zero-order valence-corrected chi connectivity index (χ0v) is 12.4. The number of aromatic nitrogens is 2. The molecule has 5 heteroatoms. The van der Waals surface area contributed by atoms with Crippen LogP contribution in [0.4, 0.5) is 0 Å². The summed E-state index contributed by atoms with van der Waals surface area (Å²) in [5.41, 5.74) is 2.41. The quantitative estimate of drug-likeness (QED) is 0.926. The minimum absolute atomic E-state index is 0.645. The molecular formula is C11H18BrN3S. The van der Waals surface area contributed by atoms with Crippen molar-refractivity contribution < 1.29 is 0 Å². The van der Waals surface area contributed by atoms with Gasteiger partial charge in [-0.2, -0.15) is 16.9 Å². The van der Waals surface area contributed by atoms with Gasteiger partial charge in [-0.3, -0.25) is 4.68 Å². The standard InChI is InChI=1S/C11H18BrN3S/c1-7-11(12)10(15(3)14-7)4-8-5-16-6-9(8)13-2/h8-9,13H,4-6H2,1-3H3. The molecule has 2 rings (SSSR count). The van der Waals surface area contributed by atoms with Crippen molar-refractivity contribution in [3.05, 3.63) is 15.9 Å². The molecule has 0 spiro atoms. The van der Waals surface area contributed by atoms with E-state index in [0.29, 0.717) is 6.04 Å². The second-order valence-electron chi connectivity index (χ2n) is 4.37. The van der Waals surface area contributed by atoms with Gasteiger partial charge in [0.25, 0.3) is 0 Å². The van der Waals surface area contributed by atoms with Gasteiger partial charge in [0.1, 0.15) is 0 Å². The zero-order valence-electron chi connectivity index (χ0n) is 9.96. The van der Waals surface area contributed by atoms with Crippen molar-refractivity contribution in [1.82, 2.24) is 15.1 Å². The molecule has 3 nitrogen and oxygen atoms in total. The van der Waals surface area contributed by atoms with E-state index in [9.17, 15) is 0 Å². The summed E-state index contributed by atoms with van der Waals surface area (Å²) in [6.07, 6.45) is 1.11. The van der Waals surface area contributed by atoms with Crippen LogP contribution >= 0.6 is 27.7 Å². The third-order valence-electron chi connectivity index (χ3n) is 3.29. The van der Waals surface area contributed by atoms with Gasteiger partial charge in [0.2, 0.25) is 0 Å². The molecule has 0 radical (unpaired) electrons. The normalized spacial score (nSPS) is 25.2. The van der Waals surface area contributed by atoms with E-state index in [-0.39, 0.29) is 0 Å². The lowest BCUT2D eigenvalue weighted by Gasteiger charge is -2.18. The average Bonchev–Trinajstić information content (AvgIpc) is 2.79. The molecule has 90 valence electrons. The molecular weight excluding hydrogens is 286 g/mol. The number of aryl methyl sites for hydroxylation is 2. The Hall–Kier alpha value is 0. The minimum atomic E-state index is 0.645. The molecule has 0 bridgehead atoms. The Balaban J connectivity index is 2.14. The van der Waals surface area contributed by atoms with Crippen LogP contribution in [0.5, 0.6) is 0 Å². The first-order valence-electron chi connectivity index (χ1n) is 5.56. The van der Waals surface area contributed by atoms with Crippen LogP contribution in [-0.2, 0) is 13.5 Å². The summed E-state index contributed by atoms with van der Waals surface area (Å²) in [7, 11) is 4.09. The van der Waals surface area contributed by atoms with Crippen LogP contribution < -0.4 is 5.32 Å². The topological polar surface area (TPSA) is 29.9 Å². The highest BCUT2D eigenvalue weighted by Crippen LogP contribution is 2.30. The second-order valence-corrected chi connectivity index (χ2v) is 6.23. The van der Waals surface area contributed by atoms with Gasteiger partial charge in [0.05, 0.1) is 15.9 Å². The summed E-state index contributed by atoms with van der Waals surface area (Å²) in [6.45, 7) is 2.05. The summed E-state index contributed by atoms with van der Waals surface area (Å²) in [6, 6.07) is 0.645. The third-order valence-corrected chi connectivity index (χ3v) is 5.58. The summed E-state index contributed by atoms with van der Waals surface area (Å²) in [5, 5.41) is 7.86. The highest BCUT2D eigenvalue weighted by molar-refractivity contribution is 9.10. The summed E-state index contributed by atoms with van der Waals surface area (Å²) in [4.78, 5) is 0. The molecule has 1 aliphatic rings. The molecule has 1 saturated heterocycles. The summed E-state index contributed by atoms with van der Waals surface area (Å²) < 4.78 is 3.19. The van der Waals surface area contributed by atoms with Crippen LogP contribution in [0.25, 0.3) is 0 Å². The van der Waals surface area contributed by atoms with Crippen LogP contribution in [0.2, 0.25) is 0 Å². The molecule has 1 N–H and O–H groups in total. The Bertz CT molecular complexity index is 378. The second kappa shape index (κ2) is 5.10. The van der Waals surface area contributed by atoms with E-state index in [1.54, 1.807) is 0 Å². The third kappa shape index (κ3) is 2.31. The van der Waals surface area contributed by atoms with Crippen molar-refractivity contribution in [3.8, 4) is 0 Å². The highest BCUT2D eigenvalue weighted by Gasteiger charge is 2.28. The largest absolute Gasteiger partial charge is 0.316 e. The lowest BCUT2D eigenvalue weighted by molar-refractivity contribution is 0.442. The van der Waals surface area contributed by atoms with Gasteiger partial charge in [-0.05, 0) is 48.0 Å². The summed E-state index contributed by atoms with van der Waals surface area (Å²) in [5.74, 6) is 3.21. The van der Waals surface area contributed by atoms with Crippen molar-refractivity contribution in [2.75, 3.05) is 18.6 Å². The van der Waals surface area contributed by atoms with Gasteiger partial charge in [0, 0.05) is 18.8 Å². The summed E-state index contributed by atoms with van der Waals surface area (Å²) >= 11 is 5.68. The minimum Gasteiger partial charge on any atom is -0.316 e. The molecule has 1 aliphatic heterocycles. The fourth-order valence-electron chi connectivity index (χ4n) is 2.27. The number of nitrogens with one attached hydrogen (secondary N) is 1. The predicted molar refractivity (Wildman–Crippen MR) is 73.0 cm³/mol. The Labute approximate surface area is 109 Å². The van der Waals surface area contributed by atoms with E-state index in [1.165, 1.54) is 21.7 Å². The lowest BCUT2D eigenvalue weighted by Crippen LogP contribution is -2.33. The van der Waals surface area contributed by atoms with Crippen molar-refractivity contribution in [1.29, 1.82) is 0 Å². The maximum atomic E-state index is 4.45. The average molecular weight is 304 g/mol. The Morgan fingerprint density at radius 2 is 2.31 bits per heavy atom. The van der Waals surface area contributed by atoms with Crippen LogP contribution in [0.15, 0.2) is 4.47 Å². The van der Waals surface area contributed by atoms with Gasteiger partial charge in [-0.25, -0.2) is 0 Å². The first kappa shape index (κ1) is 12.5. The first-order chi connectivity index (χ1) is 7.63. The molecule has 0 amide bonds. The fourth-order valence-corrected chi connectivity index (χ4v) is 4.25. The van der Waals surface area contributed by atoms with Crippen molar-refractivity contribution in [3.63, 3.8) is 0 Å². The van der Waals surface area contributed by atoms with Crippen molar-refractivity contribution in [2.24, 2.45) is 13.0 Å². The monoisotopic (exact) mass is 303 g/mol. The molecule has 2 atom stereocenters. The Morgan fingerprint density at radius 1 is 1.56 bits per heavy atom. The van der Waals surface area contributed by atoms with Crippen molar-refractivity contribution >= 4 is 27.7 Å². The van der Waals surface area contributed by atoms with Crippen LogP contribution in [0, 0.1) is 12.8 Å². The first-order valence-corrected chi connectivity index (χ1v) is 7.51. The number of hydrogen-bond acceptors (Lipinski definition) is 3. The number of nitrogens with zero attached hydrogens (tertiary/aromatic N) is 2. The van der Waals surface area contributed by atoms with Gasteiger partial charge in [-0.1, -0.05) is 0 Å². The van der Waals surface area contributed by atoms with E-state index in [0.717, 1.165) is 18.0 Å². The molecule has 0 aromatic carbocycles. The molecule has 2 unspecified atom stereocenters. The SMILES string of the molecule is CNC1CSCC1Cc1c(Br)c(C)nn1C. The van der Waals surface area contributed by atoms with E-state index >= 15 is 0 Å². The number of halogens is 1. The number of hydrogen-bond donors (Lipinski definition) is 1. The van der Waals surface area contributed by atoms with Gasteiger partial charge < -0.3 is 5.32 Å². The predicted octanol–water partition coefficient (Wildman–Crippen LogP) is 1.98. The molecule has 1 aromatic rings. The fraction of sp³-hybridized carbons (Fsp3) is 0.727. The zero-order chi connectivity index (χ0) is 11.7. The molecule has 0 aliphatic carbocycles. The Kier molecular flexibility index (Phi) is 3.97. The molecule has 2 heterocycles. The molecule has 0 saturated carbocycles. The number of rotatable bonds is 3. The molecule has 1 aromatic heterocycles. The van der Waals surface area contributed by atoms with E-state index in [4.69, 9.17) is 0 Å². The smallest absolute Gasteiger partial charge is 0.0738 e. The van der Waals surface area contributed by atoms with Crippen LogP contribution in [0.3, 0.4) is 0 Å². The maximum Gasteiger partial charge on any atom is 0.0738 e. The number of thioether (sulfide) groups is 1. The lowest BCUT2D eigenvalue weighted by atomic mass is 9.98. The highest BCUT2D eigenvalue weighted by atomic mass is 79.9. The van der Waals surface area contributed by atoms with E-state index in [2.05, 4.69) is 33.4 Å². The van der Waals surface area contributed by atoms with Crippen LogP contribution in [-0.4, -0.2) is 34.4 Å².